The molecule has 0 radical (unpaired) electrons. The summed E-state index contributed by atoms with van der Waals surface area (Å²) in [4.78, 5) is 18.4. The maximum atomic E-state index is 11.8. The quantitative estimate of drug-likeness (QED) is 0.558. The lowest BCUT2D eigenvalue weighted by molar-refractivity contribution is -0.128. The molecule has 5 heteroatoms. The van der Waals surface area contributed by atoms with Gasteiger partial charge in [0, 0.05) is 32.6 Å². The monoisotopic (exact) mass is 392 g/mol. The fraction of sp³-hybridized carbons (Fsp3) is 0.417. The molecule has 1 aliphatic heterocycles. The van der Waals surface area contributed by atoms with Crippen LogP contribution in [-0.2, 0) is 24.4 Å². The van der Waals surface area contributed by atoms with E-state index in [0.717, 1.165) is 37.6 Å². The molecule has 1 aliphatic rings. The Kier molecular flexibility index (Phi) is 7.28. The fourth-order valence-corrected chi connectivity index (χ4v) is 3.58. The molecule has 2 N–H and O–H groups in total. The molecule has 1 saturated heterocycles. The summed E-state index contributed by atoms with van der Waals surface area (Å²) in [6, 6.07) is 14.9. The zero-order chi connectivity index (χ0) is 20.6. The lowest BCUT2D eigenvalue weighted by Crippen LogP contribution is -2.36. The molecular weight excluding hydrogens is 360 g/mol. The summed E-state index contributed by atoms with van der Waals surface area (Å²) < 4.78 is 0. The van der Waals surface area contributed by atoms with Crippen molar-refractivity contribution in [3.63, 3.8) is 0 Å². The van der Waals surface area contributed by atoms with E-state index in [2.05, 4.69) is 73.9 Å². The number of guanidine groups is 1. The highest BCUT2D eigenvalue weighted by atomic mass is 16.2. The van der Waals surface area contributed by atoms with E-state index in [1.54, 1.807) is 0 Å². The Hall–Kier alpha value is -2.82. The highest BCUT2D eigenvalue weighted by molar-refractivity contribution is 5.79. The molecule has 1 fully saturated rings. The molecule has 1 heterocycles. The number of aryl methyl sites for hydroxylation is 2. The van der Waals surface area contributed by atoms with Gasteiger partial charge in [0.1, 0.15) is 0 Å². The predicted octanol–water partition coefficient (Wildman–Crippen LogP) is 3.68. The second-order valence-corrected chi connectivity index (χ2v) is 7.71. The topological polar surface area (TPSA) is 56.7 Å². The Bertz CT molecular complexity index is 858. The molecule has 0 bridgehead atoms. The number of carbonyl (C=O) groups excluding carboxylic acids is 1. The van der Waals surface area contributed by atoms with Gasteiger partial charge < -0.3 is 15.5 Å². The number of amides is 1. The average Bonchev–Trinajstić information content (AvgIpc) is 3.11. The number of likely N-dealkylation sites (tertiary alicyclic amines) is 1. The number of hydrogen-bond acceptors (Lipinski definition) is 2. The maximum absolute atomic E-state index is 11.8. The van der Waals surface area contributed by atoms with E-state index in [1.165, 1.54) is 22.3 Å². The SMILES string of the molecule is CCNC(=NCc1ccc(CN2CCCC2=O)cc1)NCc1ccc(C)cc1C. The van der Waals surface area contributed by atoms with Gasteiger partial charge in [0.05, 0.1) is 6.54 Å². The van der Waals surface area contributed by atoms with E-state index < -0.39 is 0 Å². The molecule has 29 heavy (non-hydrogen) atoms. The number of hydrogen-bond donors (Lipinski definition) is 2. The fourth-order valence-electron chi connectivity index (χ4n) is 3.58. The van der Waals surface area contributed by atoms with Crippen LogP contribution < -0.4 is 10.6 Å². The van der Waals surface area contributed by atoms with Crippen molar-refractivity contribution in [2.24, 2.45) is 4.99 Å². The molecule has 1 amide bonds. The van der Waals surface area contributed by atoms with E-state index >= 15 is 0 Å². The Morgan fingerprint density at radius 1 is 1.07 bits per heavy atom. The molecule has 0 aromatic heterocycles. The number of nitrogens with zero attached hydrogens (tertiary/aromatic N) is 2. The van der Waals surface area contributed by atoms with Crippen molar-refractivity contribution in [1.29, 1.82) is 0 Å². The molecule has 0 aliphatic carbocycles. The molecule has 3 rings (SSSR count). The first-order chi connectivity index (χ1) is 14.0. The van der Waals surface area contributed by atoms with Gasteiger partial charge in [0.2, 0.25) is 5.91 Å². The Labute approximate surface area is 174 Å². The number of aliphatic imine (C=N–C) groups is 1. The number of benzene rings is 2. The van der Waals surface area contributed by atoms with Crippen molar-refractivity contribution in [2.75, 3.05) is 13.1 Å². The summed E-state index contributed by atoms with van der Waals surface area (Å²) >= 11 is 0. The van der Waals surface area contributed by atoms with E-state index in [4.69, 9.17) is 4.99 Å². The Morgan fingerprint density at radius 3 is 2.48 bits per heavy atom. The largest absolute Gasteiger partial charge is 0.357 e. The smallest absolute Gasteiger partial charge is 0.222 e. The third-order valence-electron chi connectivity index (χ3n) is 5.28. The van der Waals surface area contributed by atoms with E-state index in [1.807, 2.05) is 4.90 Å². The number of nitrogens with one attached hydrogen (secondary N) is 2. The summed E-state index contributed by atoms with van der Waals surface area (Å²) in [7, 11) is 0. The van der Waals surface area contributed by atoms with Crippen molar-refractivity contribution in [3.8, 4) is 0 Å². The van der Waals surface area contributed by atoms with Crippen molar-refractivity contribution in [1.82, 2.24) is 15.5 Å². The van der Waals surface area contributed by atoms with Crippen LogP contribution in [-0.4, -0.2) is 29.9 Å². The lowest BCUT2D eigenvalue weighted by atomic mass is 10.1. The minimum Gasteiger partial charge on any atom is -0.357 e. The molecule has 0 saturated carbocycles. The Balaban J connectivity index is 1.56. The molecule has 2 aromatic carbocycles. The van der Waals surface area contributed by atoms with Crippen molar-refractivity contribution in [3.05, 3.63) is 70.3 Å². The first-order valence-electron chi connectivity index (χ1n) is 10.5. The van der Waals surface area contributed by atoms with Crippen LogP contribution in [0.4, 0.5) is 0 Å². The van der Waals surface area contributed by atoms with Gasteiger partial charge in [-0.15, -0.1) is 0 Å². The van der Waals surface area contributed by atoms with E-state index in [0.29, 0.717) is 19.5 Å². The Morgan fingerprint density at radius 2 is 1.83 bits per heavy atom. The van der Waals surface area contributed by atoms with Crippen LogP contribution in [0.25, 0.3) is 0 Å². The average molecular weight is 393 g/mol. The van der Waals surface area contributed by atoms with Gasteiger partial charge in [-0.1, -0.05) is 48.0 Å². The summed E-state index contributed by atoms with van der Waals surface area (Å²) in [5.74, 6) is 1.09. The zero-order valence-corrected chi connectivity index (χ0v) is 17.8. The van der Waals surface area contributed by atoms with Crippen LogP contribution in [0.2, 0.25) is 0 Å². The highest BCUT2D eigenvalue weighted by Crippen LogP contribution is 2.15. The lowest BCUT2D eigenvalue weighted by Gasteiger charge is -2.15. The normalized spacial score (nSPS) is 14.4. The van der Waals surface area contributed by atoms with E-state index in [-0.39, 0.29) is 5.91 Å². The molecule has 2 aromatic rings. The maximum Gasteiger partial charge on any atom is 0.222 e. The molecule has 0 spiro atoms. The minimum absolute atomic E-state index is 0.267. The molecule has 0 unspecified atom stereocenters. The third-order valence-corrected chi connectivity index (χ3v) is 5.28. The minimum atomic E-state index is 0.267. The third kappa shape index (κ3) is 6.08. The van der Waals surface area contributed by atoms with Crippen LogP contribution >= 0.6 is 0 Å². The zero-order valence-electron chi connectivity index (χ0n) is 17.8. The highest BCUT2D eigenvalue weighted by Gasteiger charge is 2.19. The molecule has 5 nitrogen and oxygen atoms in total. The van der Waals surface area contributed by atoms with Gasteiger partial charge in [-0.3, -0.25) is 4.79 Å². The van der Waals surface area contributed by atoms with Gasteiger partial charge in [-0.25, -0.2) is 4.99 Å². The standard InChI is InChI=1S/C24H32N4O/c1-4-25-24(27-16-22-12-7-18(2)14-19(22)3)26-15-20-8-10-21(11-9-20)17-28-13-5-6-23(28)29/h7-12,14H,4-6,13,15-17H2,1-3H3,(H2,25,26,27). The first kappa shape index (κ1) is 20.9. The van der Waals surface area contributed by atoms with E-state index in [9.17, 15) is 4.79 Å². The van der Waals surface area contributed by atoms with Gasteiger partial charge in [0.15, 0.2) is 5.96 Å². The molecule has 0 atom stereocenters. The van der Waals surface area contributed by atoms with Crippen LogP contribution in [0.15, 0.2) is 47.5 Å². The number of carbonyl (C=O) groups is 1. The van der Waals surface area contributed by atoms with Crippen molar-refractivity contribution >= 4 is 11.9 Å². The van der Waals surface area contributed by atoms with Crippen LogP contribution in [0.3, 0.4) is 0 Å². The summed E-state index contributed by atoms with van der Waals surface area (Å²) in [6.45, 7) is 10.1. The second kappa shape index (κ2) is 10.1. The molecular formula is C24H32N4O. The van der Waals surface area contributed by atoms with Crippen LogP contribution in [0, 0.1) is 13.8 Å². The van der Waals surface area contributed by atoms with Crippen molar-refractivity contribution < 1.29 is 4.79 Å². The summed E-state index contributed by atoms with van der Waals surface area (Å²) in [5.41, 5.74) is 6.19. The first-order valence-corrected chi connectivity index (χ1v) is 10.5. The second-order valence-electron chi connectivity index (χ2n) is 7.71. The van der Waals surface area contributed by atoms with Gasteiger partial charge in [-0.2, -0.15) is 0 Å². The van der Waals surface area contributed by atoms with Crippen LogP contribution in [0.1, 0.15) is 47.6 Å². The van der Waals surface area contributed by atoms with Gasteiger partial charge >= 0.3 is 0 Å². The summed E-state index contributed by atoms with van der Waals surface area (Å²) in [6.07, 6.45) is 1.67. The predicted molar refractivity (Wildman–Crippen MR) is 119 cm³/mol. The van der Waals surface area contributed by atoms with Gasteiger partial charge in [0.25, 0.3) is 0 Å². The summed E-state index contributed by atoms with van der Waals surface area (Å²) in [5, 5.41) is 6.74. The molecule has 154 valence electrons. The van der Waals surface area contributed by atoms with Crippen LogP contribution in [0.5, 0.6) is 0 Å². The van der Waals surface area contributed by atoms with Crippen molar-refractivity contribution in [2.45, 2.75) is 53.2 Å². The van der Waals surface area contributed by atoms with Gasteiger partial charge in [-0.05, 0) is 49.4 Å². The number of rotatable bonds is 7.